The van der Waals surface area contributed by atoms with Crippen LogP contribution in [-0.2, 0) is 7.05 Å². The van der Waals surface area contributed by atoms with Gasteiger partial charge in [0.25, 0.3) is 0 Å². The number of aryl methyl sites for hydroxylation is 3. The lowest BCUT2D eigenvalue weighted by Gasteiger charge is -2.03. The molecule has 19 heavy (non-hydrogen) atoms. The van der Waals surface area contributed by atoms with Crippen molar-refractivity contribution in [3.8, 4) is 5.75 Å². The Balaban J connectivity index is 2.54. The van der Waals surface area contributed by atoms with E-state index in [1.54, 1.807) is 31.6 Å². The highest BCUT2D eigenvalue weighted by Crippen LogP contribution is 2.19. The van der Waals surface area contributed by atoms with E-state index in [1.807, 2.05) is 6.92 Å². The normalized spacial score (nSPS) is 11.9. The van der Waals surface area contributed by atoms with Gasteiger partial charge in [0.2, 0.25) is 0 Å². The maximum atomic E-state index is 11.8. The van der Waals surface area contributed by atoms with E-state index >= 15 is 0 Å². The van der Waals surface area contributed by atoms with E-state index in [0.717, 1.165) is 5.69 Å². The molecule has 0 unspecified atom stereocenters. The lowest BCUT2D eigenvalue weighted by atomic mass is 10.1. The Kier molecular flexibility index (Phi) is 3.25. The minimum atomic E-state index is -0.599. The second-order valence-corrected chi connectivity index (χ2v) is 4.37. The van der Waals surface area contributed by atoms with Gasteiger partial charge in [-0.1, -0.05) is 0 Å². The maximum absolute atomic E-state index is 11.8. The molecule has 0 aliphatic rings. The number of hydrogen-bond donors (Lipinski definition) is 1. The summed E-state index contributed by atoms with van der Waals surface area (Å²) >= 11 is 0. The number of aliphatic imine (C=N–C) groups is 1. The Morgan fingerprint density at radius 2 is 2.11 bits per heavy atom. The quantitative estimate of drug-likeness (QED) is 0.836. The van der Waals surface area contributed by atoms with Crippen LogP contribution >= 0.6 is 0 Å². The van der Waals surface area contributed by atoms with Crippen molar-refractivity contribution in [2.24, 2.45) is 12.0 Å². The Labute approximate surface area is 110 Å². The van der Waals surface area contributed by atoms with Crippen molar-refractivity contribution < 1.29 is 9.52 Å². The summed E-state index contributed by atoms with van der Waals surface area (Å²) in [5.74, 6) is 0.832. The van der Waals surface area contributed by atoms with E-state index in [9.17, 15) is 9.90 Å². The fraction of sp³-hybridized carbons (Fsp3) is 0.308. The number of rotatable bonds is 2. The summed E-state index contributed by atoms with van der Waals surface area (Å²) in [5, 5.41) is 14.0. The van der Waals surface area contributed by atoms with Crippen molar-refractivity contribution in [3.05, 3.63) is 39.6 Å². The van der Waals surface area contributed by atoms with Gasteiger partial charge >= 0.3 is 5.63 Å². The number of aromatic nitrogens is 2. The molecule has 0 saturated heterocycles. The van der Waals surface area contributed by atoms with Crippen molar-refractivity contribution in [2.45, 2.75) is 20.8 Å². The first-order valence-corrected chi connectivity index (χ1v) is 5.78. The summed E-state index contributed by atoms with van der Waals surface area (Å²) in [6.07, 6.45) is 0. The van der Waals surface area contributed by atoms with Crippen LogP contribution in [0.1, 0.15) is 23.9 Å². The van der Waals surface area contributed by atoms with Gasteiger partial charge in [0.05, 0.1) is 11.4 Å². The van der Waals surface area contributed by atoms with Crippen LogP contribution in [0.3, 0.4) is 0 Å². The van der Waals surface area contributed by atoms with Gasteiger partial charge in [0.1, 0.15) is 17.1 Å². The summed E-state index contributed by atoms with van der Waals surface area (Å²) in [6.45, 7) is 5.09. The predicted molar refractivity (Wildman–Crippen MR) is 71.2 cm³/mol. The Hall–Kier alpha value is -2.37. The van der Waals surface area contributed by atoms with Crippen molar-refractivity contribution >= 4 is 11.5 Å². The van der Waals surface area contributed by atoms with Gasteiger partial charge < -0.3 is 9.52 Å². The number of hydrogen-bond acceptors (Lipinski definition) is 5. The van der Waals surface area contributed by atoms with E-state index in [4.69, 9.17) is 4.42 Å². The van der Waals surface area contributed by atoms with Crippen LogP contribution in [0.2, 0.25) is 0 Å². The van der Waals surface area contributed by atoms with Gasteiger partial charge in [-0.05, 0) is 20.8 Å². The minimum Gasteiger partial charge on any atom is -0.507 e. The monoisotopic (exact) mass is 261 g/mol. The van der Waals surface area contributed by atoms with Gasteiger partial charge in [-0.15, -0.1) is 0 Å². The van der Waals surface area contributed by atoms with E-state index in [0.29, 0.717) is 17.3 Å². The molecule has 0 bridgehead atoms. The van der Waals surface area contributed by atoms with Crippen molar-refractivity contribution in [2.75, 3.05) is 0 Å². The smallest absolute Gasteiger partial charge is 0.348 e. The SMILES string of the molecule is CC(=Nc1cc(C)nn1C)c1c(O)cc(C)oc1=O. The van der Waals surface area contributed by atoms with Crippen LogP contribution < -0.4 is 5.63 Å². The minimum absolute atomic E-state index is 0.0736. The molecule has 0 saturated carbocycles. The Morgan fingerprint density at radius 3 is 2.63 bits per heavy atom. The van der Waals surface area contributed by atoms with E-state index in [1.165, 1.54) is 6.07 Å². The first-order valence-electron chi connectivity index (χ1n) is 5.78. The van der Waals surface area contributed by atoms with Gasteiger partial charge in [0.15, 0.2) is 5.82 Å². The highest BCUT2D eigenvalue weighted by atomic mass is 16.4. The first-order chi connectivity index (χ1) is 8.88. The van der Waals surface area contributed by atoms with Crippen molar-refractivity contribution in [1.29, 1.82) is 0 Å². The standard InChI is InChI=1S/C13H15N3O3/c1-7-5-11(16(4)15-7)14-9(3)12-10(17)6-8(2)19-13(12)18/h5-6,17H,1-4H3. The summed E-state index contributed by atoms with van der Waals surface area (Å²) in [6, 6.07) is 3.18. The molecule has 6 heteroatoms. The average Bonchev–Trinajstić information content (AvgIpc) is 2.55. The molecule has 0 atom stereocenters. The molecule has 2 rings (SSSR count). The molecular formula is C13H15N3O3. The molecule has 0 aliphatic heterocycles. The zero-order valence-corrected chi connectivity index (χ0v) is 11.3. The zero-order chi connectivity index (χ0) is 14.2. The molecule has 0 spiro atoms. The third-order valence-electron chi connectivity index (χ3n) is 2.68. The molecule has 2 aromatic rings. The first kappa shape index (κ1) is 13.1. The van der Waals surface area contributed by atoms with Gasteiger partial charge in [-0.2, -0.15) is 5.10 Å². The van der Waals surface area contributed by atoms with Crippen LogP contribution in [0.15, 0.2) is 26.3 Å². The molecule has 2 aromatic heterocycles. The van der Waals surface area contributed by atoms with Gasteiger partial charge in [-0.3, -0.25) is 4.68 Å². The number of nitrogens with zero attached hydrogens (tertiary/aromatic N) is 3. The molecule has 1 N–H and O–H groups in total. The second kappa shape index (κ2) is 4.72. The van der Waals surface area contributed by atoms with E-state index in [-0.39, 0.29) is 11.3 Å². The Morgan fingerprint density at radius 1 is 1.42 bits per heavy atom. The third kappa shape index (κ3) is 2.57. The largest absolute Gasteiger partial charge is 0.507 e. The molecule has 0 amide bonds. The molecular weight excluding hydrogens is 246 g/mol. The van der Waals surface area contributed by atoms with Crippen molar-refractivity contribution in [1.82, 2.24) is 9.78 Å². The fourth-order valence-corrected chi connectivity index (χ4v) is 1.86. The molecule has 0 fully saturated rings. The van der Waals surface area contributed by atoms with Crippen LogP contribution in [0.25, 0.3) is 0 Å². The molecule has 0 aromatic carbocycles. The molecule has 0 aliphatic carbocycles. The number of aromatic hydroxyl groups is 1. The summed E-state index contributed by atoms with van der Waals surface area (Å²) in [7, 11) is 1.76. The average molecular weight is 261 g/mol. The Bertz CT molecular complexity index is 710. The van der Waals surface area contributed by atoms with Gasteiger partial charge in [-0.25, -0.2) is 9.79 Å². The van der Waals surface area contributed by atoms with Crippen LogP contribution in [-0.4, -0.2) is 20.6 Å². The highest BCUT2D eigenvalue weighted by molar-refractivity contribution is 6.01. The van der Waals surface area contributed by atoms with E-state index in [2.05, 4.69) is 10.1 Å². The molecule has 0 radical (unpaired) electrons. The molecule has 100 valence electrons. The van der Waals surface area contributed by atoms with Crippen molar-refractivity contribution in [3.63, 3.8) is 0 Å². The fourth-order valence-electron chi connectivity index (χ4n) is 1.86. The van der Waals surface area contributed by atoms with Gasteiger partial charge in [0, 0.05) is 19.2 Å². The lowest BCUT2D eigenvalue weighted by molar-refractivity contribution is 0.432. The summed E-state index contributed by atoms with van der Waals surface area (Å²) in [5.41, 5.74) is 0.686. The third-order valence-corrected chi connectivity index (χ3v) is 2.68. The van der Waals surface area contributed by atoms with Crippen LogP contribution in [0, 0.1) is 13.8 Å². The molecule has 2 heterocycles. The predicted octanol–water partition coefficient (Wildman–Crippen LogP) is 1.84. The van der Waals surface area contributed by atoms with Crippen LogP contribution in [0.5, 0.6) is 5.75 Å². The van der Waals surface area contributed by atoms with E-state index < -0.39 is 5.63 Å². The summed E-state index contributed by atoms with van der Waals surface area (Å²) in [4.78, 5) is 16.1. The topological polar surface area (TPSA) is 80.6 Å². The maximum Gasteiger partial charge on any atom is 0.348 e. The lowest BCUT2D eigenvalue weighted by Crippen LogP contribution is -2.13. The summed E-state index contributed by atoms with van der Waals surface area (Å²) < 4.78 is 6.57. The highest BCUT2D eigenvalue weighted by Gasteiger charge is 2.13. The molecule has 6 nitrogen and oxygen atoms in total. The van der Waals surface area contributed by atoms with Crippen LogP contribution in [0.4, 0.5) is 5.82 Å². The zero-order valence-electron chi connectivity index (χ0n) is 11.3. The second-order valence-electron chi connectivity index (χ2n) is 4.37.